The molecule has 0 radical (unpaired) electrons. The number of anilines is 2. The van der Waals surface area contributed by atoms with Crippen molar-refractivity contribution in [2.45, 2.75) is 26.7 Å². The number of hydrogen-bond acceptors (Lipinski definition) is 3. The number of carbonyl (C=O) groups excluding carboxylic acids is 1. The van der Waals surface area contributed by atoms with Gasteiger partial charge in [0.05, 0.1) is 11.4 Å². The van der Waals surface area contributed by atoms with Crippen molar-refractivity contribution in [2.24, 2.45) is 7.05 Å². The summed E-state index contributed by atoms with van der Waals surface area (Å²) >= 11 is 0. The minimum atomic E-state index is -0.235. The van der Waals surface area contributed by atoms with Crippen LogP contribution < -0.4 is 11.1 Å². The van der Waals surface area contributed by atoms with Crippen molar-refractivity contribution in [2.75, 3.05) is 11.1 Å². The highest BCUT2D eigenvalue weighted by Crippen LogP contribution is 2.19. The molecule has 106 valence electrons. The Labute approximate surface area is 118 Å². The van der Waals surface area contributed by atoms with E-state index in [0.717, 1.165) is 17.8 Å². The molecule has 20 heavy (non-hydrogen) atoms. The fourth-order valence-corrected chi connectivity index (χ4v) is 2.14. The van der Waals surface area contributed by atoms with Gasteiger partial charge in [-0.05, 0) is 30.5 Å². The molecule has 5 nitrogen and oxygen atoms in total. The molecule has 0 fully saturated rings. The normalized spacial score (nSPS) is 10.6. The molecule has 1 aromatic heterocycles. The minimum Gasteiger partial charge on any atom is -0.395 e. The maximum absolute atomic E-state index is 12.3. The minimum absolute atomic E-state index is 0.235. The topological polar surface area (TPSA) is 72.9 Å². The number of nitrogen functional groups attached to an aromatic ring is 1. The molecule has 0 unspecified atom stereocenters. The lowest BCUT2D eigenvalue weighted by Gasteiger charge is -2.07. The van der Waals surface area contributed by atoms with Gasteiger partial charge < -0.3 is 11.1 Å². The van der Waals surface area contributed by atoms with E-state index in [1.54, 1.807) is 7.05 Å². The van der Waals surface area contributed by atoms with Gasteiger partial charge in [-0.3, -0.25) is 9.48 Å². The number of nitrogens with two attached hydrogens (primary N) is 1. The summed E-state index contributed by atoms with van der Waals surface area (Å²) in [5.41, 5.74) is 9.57. The van der Waals surface area contributed by atoms with Crippen molar-refractivity contribution in [1.29, 1.82) is 0 Å². The first-order chi connectivity index (χ1) is 9.56. The van der Waals surface area contributed by atoms with Gasteiger partial charge in [0, 0.05) is 12.7 Å². The molecule has 1 amide bonds. The third kappa shape index (κ3) is 2.66. The smallest absolute Gasteiger partial charge is 0.276 e. The Bertz CT molecular complexity index is 614. The molecular weight excluding hydrogens is 252 g/mol. The van der Waals surface area contributed by atoms with Crippen LogP contribution in [0.5, 0.6) is 0 Å². The Morgan fingerprint density at radius 2 is 1.90 bits per heavy atom. The van der Waals surface area contributed by atoms with Crippen LogP contribution in [-0.4, -0.2) is 15.7 Å². The summed E-state index contributed by atoms with van der Waals surface area (Å²) in [5, 5.41) is 7.10. The summed E-state index contributed by atoms with van der Waals surface area (Å²) in [6.07, 6.45) is 1.68. The number of rotatable bonds is 4. The average Bonchev–Trinajstić information content (AvgIpc) is 2.74. The van der Waals surface area contributed by atoms with Crippen LogP contribution in [0.3, 0.4) is 0 Å². The molecule has 0 saturated heterocycles. The van der Waals surface area contributed by atoms with Crippen molar-refractivity contribution < 1.29 is 4.79 Å². The number of benzene rings is 1. The van der Waals surface area contributed by atoms with Crippen LogP contribution in [-0.2, 0) is 19.9 Å². The van der Waals surface area contributed by atoms with E-state index < -0.39 is 0 Å². The van der Waals surface area contributed by atoms with Crippen LogP contribution in [0.25, 0.3) is 0 Å². The molecule has 1 aromatic carbocycles. The van der Waals surface area contributed by atoms with E-state index in [2.05, 4.69) is 17.3 Å². The number of carbonyl (C=O) groups is 1. The Morgan fingerprint density at radius 1 is 1.25 bits per heavy atom. The lowest BCUT2D eigenvalue weighted by atomic mass is 10.1. The predicted molar refractivity (Wildman–Crippen MR) is 80.8 cm³/mol. The van der Waals surface area contributed by atoms with E-state index in [9.17, 15) is 4.79 Å². The number of aryl methyl sites for hydroxylation is 3. The molecule has 3 N–H and O–H groups in total. The molecular formula is C15H20N4O. The highest BCUT2D eigenvalue weighted by molar-refractivity contribution is 6.06. The molecule has 0 spiro atoms. The second-order valence-electron chi connectivity index (χ2n) is 4.69. The monoisotopic (exact) mass is 272 g/mol. The van der Waals surface area contributed by atoms with Crippen molar-refractivity contribution >= 4 is 17.3 Å². The van der Waals surface area contributed by atoms with Gasteiger partial charge in [-0.1, -0.05) is 26.0 Å². The average molecular weight is 272 g/mol. The summed E-state index contributed by atoms with van der Waals surface area (Å²) in [6.45, 7) is 4.06. The predicted octanol–water partition coefficient (Wildman–Crippen LogP) is 2.38. The van der Waals surface area contributed by atoms with E-state index >= 15 is 0 Å². The Balaban J connectivity index is 2.21. The van der Waals surface area contributed by atoms with Gasteiger partial charge >= 0.3 is 0 Å². The molecule has 2 aromatic rings. The second kappa shape index (κ2) is 5.77. The number of nitrogens with zero attached hydrogens (tertiary/aromatic N) is 2. The van der Waals surface area contributed by atoms with E-state index in [0.29, 0.717) is 17.8 Å². The molecule has 0 saturated carbocycles. The van der Waals surface area contributed by atoms with Crippen LogP contribution in [0, 0.1) is 0 Å². The van der Waals surface area contributed by atoms with Crippen LogP contribution in [0.2, 0.25) is 0 Å². The maximum Gasteiger partial charge on any atom is 0.276 e. The third-order valence-electron chi connectivity index (χ3n) is 3.33. The van der Waals surface area contributed by atoms with Gasteiger partial charge in [0.25, 0.3) is 5.91 Å². The molecule has 1 heterocycles. The first-order valence-corrected chi connectivity index (χ1v) is 6.78. The first kappa shape index (κ1) is 14.1. The van der Waals surface area contributed by atoms with Gasteiger partial charge in [0.15, 0.2) is 0 Å². The lowest BCUT2D eigenvalue weighted by molar-refractivity contribution is 0.101. The third-order valence-corrected chi connectivity index (χ3v) is 3.33. The molecule has 0 aliphatic carbocycles. The van der Waals surface area contributed by atoms with Crippen LogP contribution in [0.4, 0.5) is 11.4 Å². The zero-order chi connectivity index (χ0) is 14.7. The fraction of sp³-hybridized carbons (Fsp3) is 0.333. The summed E-state index contributed by atoms with van der Waals surface area (Å²) in [6, 6.07) is 7.79. The van der Waals surface area contributed by atoms with Gasteiger partial charge in [0.2, 0.25) is 0 Å². The Morgan fingerprint density at radius 3 is 2.40 bits per heavy atom. The van der Waals surface area contributed by atoms with Gasteiger partial charge in [-0.25, -0.2) is 0 Å². The van der Waals surface area contributed by atoms with Gasteiger partial charge in [-0.15, -0.1) is 0 Å². The molecule has 5 heteroatoms. The van der Waals surface area contributed by atoms with Crippen molar-refractivity contribution in [3.05, 3.63) is 41.2 Å². The van der Waals surface area contributed by atoms with Gasteiger partial charge in [0.1, 0.15) is 5.69 Å². The molecule has 0 aliphatic rings. The van der Waals surface area contributed by atoms with Gasteiger partial charge in [-0.2, -0.15) is 5.10 Å². The zero-order valence-corrected chi connectivity index (χ0v) is 12.1. The number of nitrogens with one attached hydrogen (secondary N) is 1. The first-order valence-electron chi connectivity index (χ1n) is 6.78. The molecule has 2 rings (SSSR count). The Kier molecular flexibility index (Phi) is 4.08. The van der Waals surface area contributed by atoms with E-state index in [-0.39, 0.29) is 5.91 Å². The summed E-state index contributed by atoms with van der Waals surface area (Å²) in [5.74, 6) is -0.235. The Hall–Kier alpha value is -2.30. The quantitative estimate of drug-likeness (QED) is 0.897. The molecule has 0 aliphatic heterocycles. The number of amides is 1. The maximum atomic E-state index is 12.3. The summed E-state index contributed by atoms with van der Waals surface area (Å²) in [7, 11) is 1.73. The van der Waals surface area contributed by atoms with E-state index in [1.807, 2.05) is 31.2 Å². The summed E-state index contributed by atoms with van der Waals surface area (Å²) < 4.78 is 1.53. The molecule has 0 atom stereocenters. The SMILES string of the molecule is CCc1ccc(NC(=O)c2c(N)c(CC)nn2C)cc1. The highest BCUT2D eigenvalue weighted by atomic mass is 16.2. The van der Waals surface area contributed by atoms with E-state index in [1.165, 1.54) is 10.2 Å². The van der Waals surface area contributed by atoms with Crippen LogP contribution in [0.15, 0.2) is 24.3 Å². The van der Waals surface area contributed by atoms with Crippen molar-refractivity contribution in [3.8, 4) is 0 Å². The zero-order valence-electron chi connectivity index (χ0n) is 12.1. The second-order valence-corrected chi connectivity index (χ2v) is 4.69. The van der Waals surface area contributed by atoms with E-state index in [4.69, 9.17) is 5.73 Å². The van der Waals surface area contributed by atoms with Crippen LogP contribution in [0.1, 0.15) is 35.6 Å². The number of aromatic nitrogens is 2. The van der Waals surface area contributed by atoms with Crippen molar-refractivity contribution in [1.82, 2.24) is 9.78 Å². The summed E-state index contributed by atoms with van der Waals surface area (Å²) in [4.78, 5) is 12.3. The fourth-order valence-electron chi connectivity index (χ4n) is 2.14. The molecule has 0 bridgehead atoms. The van der Waals surface area contributed by atoms with Crippen molar-refractivity contribution in [3.63, 3.8) is 0 Å². The lowest BCUT2D eigenvalue weighted by Crippen LogP contribution is -2.17. The number of hydrogen-bond donors (Lipinski definition) is 2. The van der Waals surface area contributed by atoms with Crippen LogP contribution >= 0.6 is 0 Å². The largest absolute Gasteiger partial charge is 0.395 e. The highest BCUT2D eigenvalue weighted by Gasteiger charge is 2.19. The standard InChI is InChI=1S/C15H20N4O/c1-4-10-6-8-11(9-7-10)17-15(20)14-13(16)12(5-2)18-19(14)3/h6-9H,4-5,16H2,1-3H3,(H,17,20).